The van der Waals surface area contributed by atoms with Gasteiger partial charge in [0.05, 0.1) is 36.0 Å². The Morgan fingerprint density at radius 1 is 1.17 bits per heavy atom. The zero-order valence-electron chi connectivity index (χ0n) is 23.5. The second-order valence-electron chi connectivity index (χ2n) is 11.1. The standard InChI is InChI=1S/C32H33ClFN5O3/c1-38-10-8-21(17-38)4-5-22-15-29-26(32(36-20-35-29)37-24-6-7-28(34)27(33)16-24)14-23(22)13-25(40)3-2-9-39-18-30-31(19-39)42-12-11-41-30/h2-3,6-7,14-16,20-21,30-31H,8-13,17-19H2,1H3,(H,35,36,37)/b3-2+. The van der Waals surface area contributed by atoms with Crippen molar-refractivity contribution < 1.29 is 18.7 Å². The molecule has 3 unspecified atom stereocenters. The smallest absolute Gasteiger partial charge is 0.159 e. The summed E-state index contributed by atoms with van der Waals surface area (Å²) in [5, 5.41) is 3.96. The number of anilines is 2. The van der Waals surface area contributed by atoms with Crippen LogP contribution in [-0.2, 0) is 20.7 Å². The first-order chi connectivity index (χ1) is 20.4. The lowest BCUT2D eigenvalue weighted by atomic mass is 9.98. The van der Waals surface area contributed by atoms with Gasteiger partial charge in [0.15, 0.2) is 5.78 Å². The quantitative estimate of drug-likeness (QED) is 0.324. The molecule has 0 saturated carbocycles. The van der Waals surface area contributed by atoms with E-state index in [-0.39, 0.29) is 35.4 Å². The Morgan fingerprint density at radius 2 is 1.98 bits per heavy atom. The summed E-state index contributed by atoms with van der Waals surface area (Å²) < 4.78 is 25.3. The van der Waals surface area contributed by atoms with E-state index in [1.807, 2.05) is 18.2 Å². The highest BCUT2D eigenvalue weighted by atomic mass is 35.5. The minimum Gasteiger partial charge on any atom is -0.372 e. The molecule has 8 nitrogen and oxygen atoms in total. The Morgan fingerprint density at radius 3 is 2.71 bits per heavy atom. The Bertz CT molecular complexity index is 1560. The van der Waals surface area contributed by atoms with Crippen LogP contribution in [0, 0.1) is 23.6 Å². The van der Waals surface area contributed by atoms with Crippen LogP contribution in [0.4, 0.5) is 15.9 Å². The summed E-state index contributed by atoms with van der Waals surface area (Å²) in [5.41, 5.74) is 2.88. The number of carbonyl (C=O) groups is 1. The molecule has 3 fully saturated rings. The monoisotopic (exact) mass is 589 g/mol. The maximum atomic E-state index is 13.7. The predicted octanol–water partition coefficient (Wildman–Crippen LogP) is 4.24. The van der Waals surface area contributed by atoms with E-state index in [9.17, 15) is 9.18 Å². The molecule has 0 spiro atoms. The molecule has 42 heavy (non-hydrogen) atoms. The van der Waals surface area contributed by atoms with E-state index < -0.39 is 5.82 Å². The molecule has 3 atom stereocenters. The minimum absolute atomic E-state index is 0.0132. The fraction of sp³-hybridized carbons (Fsp3) is 0.406. The van der Waals surface area contributed by atoms with Crippen LogP contribution in [0.2, 0.25) is 5.02 Å². The Hall–Kier alpha value is -3.39. The van der Waals surface area contributed by atoms with Crippen molar-refractivity contribution in [2.75, 3.05) is 58.3 Å². The maximum absolute atomic E-state index is 13.7. The number of benzene rings is 2. The summed E-state index contributed by atoms with van der Waals surface area (Å²) in [4.78, 5) is 26.6. The number of ether oxygens (including phenoxy) is 2. The van der Waals surface area contributed by atoms with Crippen molar-refractivity contribution in [3.05, 3.63) is 70.8 Å². The van der Waals surface area contributed by atoms with Gasteiger partial charge in [0.2, 0.25) is 0 Å². The molecule has 10 heteroatoms. The van der Waals surface area contributed by atoms with Gasteiger partial charge >= 0.3 is 0 Å². The van der Waals surface area contributed by atoms with E-state index in [2.05, 4.69) is 44.0 Å². The number of nitrogens with zero attached hydrogens (tertiary/aromatic N) is 4. The van der Waals surface area contributed by atoms with Crippen LogP contribution in [-0.4, -0.2) is 90.7 Å². The first-order valence-electron chi connectivity index (χ1n) is 14.3. The normalized spacial score (nSPS) is 22.8. The summed E-state index contributed by atoms with van der Waals surface area (Å²) in [6, 6.07) is 8.25. The minimum atomic E-state index is -0.495. The summed E-state index contributed by atoms with van der Waals surface area (Å²) in [5.74, 6) is 7.08. The third-order valence-corrected chi connectivity index (χ3v) is 8.20. The number of carbonyl (C=O) groups excluding carboxylic acids is 1. The van der Waals surface area contributed by atoms with Crippen LogP contribution < -0.4 is 5.32 Å². The highest BCUT2D eigenvalue weighted by Crippen LogP contribution is 2.28. The SMILES string of the molecule is CN1CCC(C#Cc2cc3ncnc(Nc4ccc(F)c(Cl)c4)c3cc2CC(=O)/C=C/CN2CC3OCCOC3C2)C1. The summed E-state index contributed by atoms with van der Waals surface area (Å²) in [7, 11) is 2.10. The van der Waals surface area contributed by atoms with Crippen molar-refractivity contribution in [1.29, 1.82) is 0 Å². The summed E-state index contributed by atoms with van der Waals surface area (Å²) in [6.45, 7) is 5.50. The van der Waals surface area contributed by atoms with Gasteiger partial charge in [-0.1, -0.05) is 29.5 Å². The molecule has 4 heterocycles. The molecule has 3 aliphatic rings. The van der Waals surface area contributed by atoms with Gasteiger partial charge < -0.3 is 19.7 Å². The molecule has 0 aliphatic carbocycles. The maximum Gasteiger partial charge on any atom is 0.159 e. The van der Waals surface area contributed by atoms with E-state index in [4.69, 9.17) is 21.1 Å². The molecular formula is C32H33ClFN5O3. The Balaban J connectivity index is 1.24. The first-order valence-corrected chi connectivity index (χ1v) is 14.6. The van der Waals surface area contributed by atoms with Gasteiger partial charge in [-0.2, -0.15) is 0 Å². The van der Waals surface area contributed by atoms with Gasteiger partial charge in [0.25, 0.3) is 0 Å². The number of fused-ring (bicyclic) bond motifs is 2. The van der Waals surface area contributed by atoms with Crippen LogP contribution >= 0.6 is 11.6 Å². The van der Waals surface area contributed by atoms with Crippen LogP contribution in [0.5, 0.6) is 0 Å². The average molecular weight is 590 g/mol. The van der Waals surface area contributed by atoms with Crippen molar-refractivity contribution in [2.45, 2.75) is 25.0 Å². The molecule has 3 saturated heterocycles. The lowest BCUT2D eigenvalue weighted by Crippen LogP contribution is -2.36. The third kappa shape index (κ3) is 6.80. The molecule has 0 amide bonds. The third-order valence-electron chi connectivity index (χ3n) is 7.92. The number of hydrogen-bond acceptors (Lipinski definition) is 8. The van der Waals surface area contributed by atoms with Crippen LogP contribution in [0.25, 0.3) is 10.9 Å². The highest BCUT2D eigenvalue weighted by Gasteiger charge is 2.35. The predicted molar refractivity (Wildman–Crippen MR) is 160 cm³/mol. The number of aromatic nitrogens is 2. The van der Waals surface area contributed by atoms with Crippen molar-refractivity contribution in [3.8, 4) is 11.8 Å². The molecular weight excluding hydrogens is 557 g/mol. The van der Waals surface area contributed by atoms with E-state index in [0.717, 1.165) is 49.1 Å². The molecule has 218 valence electrons. The van der Waals surface area contributed by atoms with Crippen molar-refractivity contribution in [1.82, 2.24) is 19.8 Å². The van der Waals surface area contributed by atoms with E-state index >= 15 is 0 Å². The van der Waals surface area contributed by atoms with Gasteiger partial charge in [0.1, 0.15) is 18.0 Å². The van der Waals surface area contributed by atoms with Crippen molar-refractivity contribution in [3.63, 3.8) is 0 Å². The van der Waals surface area contributed by atoms with E-state index in [1.54, 1.807) is 12.1 Å². The molecule has 1 N–H and O–H groups in total. The van der Waals surface area contributed by atoms with Gasteiger partial charge in [-0.3, -0.25) is 9.69 Å². The number of allylic oxidation sites excluding steroid dienone is 1. The molecule has 2 aromatic carbocycles. The topological polar surface area (TPSA) is 79.8 Å². The van der Waals surface area contributed by atoms with Crippen LogP contribution in [0.3, 0.4) is 0 Å². The Labute approximate surface area is 249 Å². The molecule has 3 aliphatic heterocycles. The van der Waals surface area contributed by atoms with Gasteiger partial charge in [-0.15, -0.1) is 0 Å². The number of nitrogens with one attached hydrogen (secondary N) is 1. The molecule has 0 bridgehead atoms. The highest BCUT2D eigenvalue weighted by molar-refractivity contribution is 6.31. The van der Waals surface area contributed by atoms with E-state index in [0.29, 0.717) is 36.8 Å². The van der Waals surface area contributed by atoms with E-state index in [1.165, 1.54) is 18.5 Å². The second kappa shape index (κ2) is 12.9. The van der Waals surface area contributed by atoms with Gasteiger partial charge in [-0.25, -0.2) is 14.4 Å². The first kappa shape index (κ1) is 28.7. The van der Waals surface area contributed by atoms with Crippen molar-refractivity contribution in [2.24, 2.45) is 5.92 Å². The number of hydrogen-bond donors (Lipinski definition) is 1. The lowest BCUT2D eigenvalue weighted by Gasteiger charge is -2.24. The number of rotatable bonds is 7. The van der Waals surface area contributed by atoms with Crippen molar-refractivity contribution >= 4 is 39.8 Å². The van der Waals surface area contributed by atoms with Gasteiger partial charge in [0, 0.05) is 55.2 Å². The largest absolute Gasteiger partial charge is 0.372 e. The fourth-order valence-electron chi connectivity index (χ4n) is 5.72. The lowest BCUT2D eigenvalue weighted by molar-refractivity contribution is -0.116. The zero-order chi connectivity index (χ0) is 29.1. The Kier molecular flexibility index (Phi) is 8.79. The van der Waals surface area contributed by atoms with Crippen LogP contribution in [0.1, 0.15) is 17.5 Å². The molecule has 6 rings (SSSR count). The molecule has 1 aromatic heterocycles. The zero-order valence-corrected chi connectivity index (χ0v) is 24.2. The average Bonchev–Trinajstić information content (AvgIpc) is 3.59. The number of halogens is 2. The number of ketones is 1. The van der Waals surface area contributed by atoms with Gasteiger partial charge in [-0.05, 0) is 62.0 Å². The summed E-state index contributed by atoms with van der Waals surface area (Å²) in [6.07, 6.45) is 6.47. The number of likely N-dealkylation sites (tertiary alicyclic amines) is 2. The summed E-state index contributed by atoms with van der Waals surface area (Å²) >= 11 is 5.99. The molecule has 3 aromatic rings. The van der Waals surface area contributed by atoms with Crippen LogP contribution in [0.15, 0.2) is 48.8 Å². The second-order valence-corrected chi connectivity index (χ2v) is 11.5. The molecule has 0 radical (unpaired) electrons. The fourth-order valence-corrected chi connectivity index (χ4v) is 5.90.